The van der Waals surface area contributed by atoms with Crippen LogP contribution in [0.25, 0.3) is 0 Å². The minimum atomic E-state index is -3.43. The van der Waals surface area contributed by atoms with Gasteiger partial charge < -0.3 is 10.5 Å². The van der Waals surface area contributed by atoms with E-state index in [0.717, 1.165) is 16.0 Å². The van der Waals surface area contributed by atoms with Crippen LogP contribution in [0, 0.1) is 12.8 Å². The number of nitrogens with two attached hydrogens (primary N) is 1. The minimum absolute atomic E-state index is 0.0199. The van der Waals surface area contributed by atoms with Crippen LogP contribution in [0.5, 0.6) is 5.75 Å². The third kappa shape index (κ3) is 7.47. The van der Waals surface area contributed by atoms with Crippen molar-refractivity contribution >= 4 is 55.8 Å². The van der Waals surface area contributed by atoms with Crippen molar-refractivity contribution in [3.05, 3.63) is 29.5 Å². The van der Waals surface area contributed by atoms with Crippen LogP contribution in [0.15, 0.2) is 22.4 Å². The van der Waals surface area contributed by atoms with Gasteiger partial charge in [0.05, 0.1) is 35.0 Å². The van der Waals surface area contributed by atoms with Crippen molar-refractivity contribution in [1.82, 2.24) is 9.71 Å². The number of thioether (sulfide) groups is 1. The first-order chi connectivity index (χ1) is 14.9. The number of ether oxygens (including phenoxy) is 1. The normalized spacial score (nSPS) is 11.6. The van der Waals surface area contributed by atoms with Gasteiger partial charge >= 0.3 is 0 Å². The maximum absolute atomic E-state index is 13.1. The van der Waals surface area contributed by atoms with Crippen molar-refractivity contribution in [2.75, 3.05) is 24.0 Å². The Labute approximate surface area is 196 Å². The van der Waals surface area contributed by atoms with Gasteiger partial charge in [-0.15, -0.1) is 11.8 Å². The minimum Gasteiger partial charge on any atom is -0.491 e. The number of rotatable bonds is 11. The zero-order chi connectivity index (χ0) is 24.1. The van der Waals surface area contributed by atoms with Crippen LogP contribution in [0.1, 0.15) is 31.5 Å². The van der Waals surface area contributed by atoms with E-state index in [-0.39, 0.29) is 12.5 Å². The molecule has 176 valence electrons. The molecule has 3 N–H and O–H groups in total. The summed E-state index contributed by atoms with van der Waals surface area (Å²) in [7, 11) is -3.43. The highest BCUT2D eigenvalue weighted by atomic mass is 32.2. The molecule has 2 amide bonds. The number of nitrogens with zero attached hydrogens (tertiary/aromatic N) is 2. The number of carbonyl (C=O) groups is 2. The summed E-state index contributed by atoms with van der Waals surface area (Å²) >= 11 is 2.61. The second kappa shape index (κ2) is 11.1. The topological polar surface area (TPSA) is 132 Å². The smallest absolute Gasteiger partial charge is 0.242 e. The highest BCUT2D eigenvalue weighted by Crippen LogP contribution is 2.40. The van der Waals surface area contributed by atoms with Crippen molar-refractivity contribution < 1.29 is 22.7 Å². The maximum atomic E-state index is 13.1. The number of primary amides is 1. The van der Waals surface area contributed by atoms with E-state index in [1.165, 1.54) is 28.0 Å². The van der Waals surface area contributed by atoms with Crippen LogP contribution in [0.2, 0.25) is 0 Å². The molecule has 0 bridgehead atoms. The first-order valence-corrected chi connectivity index (χ1v) is 13.7. The molecule has 0 aliphatic carbocycles. The van der Waals surface area contributed by atoms with E-state index >= 15 is 0 Å². The Morgan fingerprint density at radius 2 is 2.03 bits per heavy atom. The predicted molar refractivity (Wildman–Crippen MR) is 128 cm³/mol. The fourth-order valence-corrected chi connectivity index (χ4v) is 4.80. The first kappa shape index (κ1) is 26.1. The summed E-state index contributed by atoms with van der Waals surface area (Å²) in [5.41, 5.74) is 7.15. The van der Waals surface area contributed by atoms with Gasteiger partial charge in [-0.25, -0.2) is 18.1 Å². The summed E-state index contributed by atoms with van der Waals surface area (Å²) < 4.78 is 32.2. The number of thiazole rings is 1. The van der Waals surface area contributed by atoms with Crippen LogP contribution in [-0.2, 0) is 26.2 Å². The van der Waals surface area contributed by atoms with E-state index < -0.39 is 28.3 Å². The summed E-state index contributed by atoms with van der Waals surface area (Å²) in [5.74, 6) is -0.583. The largest absolute Gasteiger partial charge is 0.491 e. The lowest BCUT2D eigenvalue weighted by Crippen LogP contribution is -2.31. The van der Waals surface area contributed by atoms with Crippen molar-refractivity contribution in [3.63, 3.8) is 0 Å². The van der Waals surface area contributed by atoms with Gasteiger partial charge in [0.15, 0.2) is 5.13 Å². The second-order valence-electron chi connectivity index (χ2n) is 7.58. The number of benzene rings is 1. The Kier molecular flexibility index (Phi) is 9.08. The highest BCUT2D eigenvalue weighted by molar-refractivity contribution is 8.00. The van der Waals surface area contributed by atoms with Crippen LogP contribution < -0.4 is 20.1 Å². The van der Waals surface area contributed by atoms with Crippen molar-refractivity contribution in [2.24, 2.45) is 11.7 Å². The Balaban J connectivity index is 2.57. The Morgan fingerprint density at radius 3 is 2.59 bits per heavy atom. The van der Waals surface area contributed by atoms with Gasteiger partial charge in [-0.05, 0) is 36.8 Å². The first-order valence-electron chi connectivity index (χ1n) is 9.74. The number of hydrogen-bond acceptors (Lipinski definition) is 8. The van der Waals surface area contributed by atoms with Crippen LogP contribution >= 0.6 is 23.1 Å². The monoisotopic (exact) mass is 500 g/mol. The maximum Gasteiger partial charge on any atom is 0.242 e. The quantitative estimate of drug-likeness (QED) is 0.358. The van der Waals surface area contributed by atoms with E-state index in [1.54, 1.807) is 6.07 Å². The molecule has 12 heteroatoms. The van der Waals surface area contributed by atoms with Gasteiger partial charge in [-0.3, -0.25) is 14.5 Å². The molecule has 0 aliphatic rings. The molecule has 1 aromatic carbocycles. The zero-order valence-electron chi connectivity index (χ0n) is 18.7. The number of aromatic nitrogens is 1. The lowest BCUT2D eigenvalue weighted by molar-refractivity contribution is -0.125. The van der Waals surface area contributed by atoms with Crippen molar-refractivity contribution in [2.45, 2.75) is 37.9 Å². The number of amides is 2. The van der Waals surface area contributed by atoms with Gasteiger partial charge in [0.1, 0.15) is 12.2 Å². The van der Waals surface area contributed by atoms with Gasteiger partial charge in [-0.1, -0.05) is 31.3 Å². The molecule has 0 fully saturated rings. The average molecular weight is 501 g/mol. The third-order valence-corrected chi connectivity index (χ3v) is 6.93. The highest BCUT2D eigenvalue weighted by Gasteiger charge is 2.27. The number of nitrogens with one attached hydrogen (secondary N) is 1. The average Bonchev–Trinajstić information content (AvgIpc) is 3.08. The van der Waals surface area contributed by atoms with Crippen molar-refractivity contribution in [3.8, 4) is 5.75 Å². The van der Waals surface area contributed by atoms with E-state index in [1.807, 2.05) is 39.2 Å². The lowest BCUT2D eigenvalue weighted by atomic mass is 10.2. The number of hydrogen-bond donors (Lipinski definition) is 2. The van der Waals surface area contributed by atoms with Gasteiger partial charge in [0, 0.05) is 0 Å². The van der Waals surface area contributed by atoms with Gasteiger partial charge in [0.25, 0.3) is 0 Å². The third-order valence-electron chi connectivity index (χ3n) is 4.03. The summed E-state index contributed by atoms with van der Waals surface area (Å²) in [6.45, 7) is 6.35. The predicted octanol–water partition coefficient (Wildman–Crippen LogP) is 2.80. The lowest BCUT2D eigenvalue weighted by Gasteiger charge is -2.23. The molecule has 0 saturated carbocycles. The fraction of sp³-hybridized carbons (Fsp3) is 0.450. The number of aryl methyl sites for hydroxylation is 1. The molecule has 2 rings (SSSR count). The number of carbonyl (C=O) groups excluding carboxylic acids is 2. The molecular weight excluding hydrogens is 472 g/mol. The molecule has 1 heterocycles. The molecule has 32 heavy (non-hydrogen) atoms. The molecular formula is C20H28N4O5S3. The molecule has 0 atom stereocenters. The Morgan fingerprint density at radius 1 is 1.34 bits per heavy atom. The van der Waals surface area contributed by atoms with E-state index in [9.17, 15) is 18.0 Å². The fourth-order valence-electron chi connectivity index (χ4n) is 2.64. The van der Waals surface area contributed by atoms with Crippen LogP contribution in [-0.4, -0.2) is 44.3 Å². The van der Waals surface area contributed by atoms with E-state index in [0.29, 0.717) is 28.9 Å². The van der Waals surface area contributed by atoms with Gasteiger partial charge in [-0.2, -0.15) is 0 Å². The number of sulfonamides is 1. The van der Waals surface area contributed by atoms with Crippen molar-refractivity contribution in [1.29, 1.82) is 0 Å². The molecule has 0 spiro atoms. The zero-order valence-corrected chi connectivity index (χ0v) is 21.1. The molecule has 0 saturated heterocycles. The van der Waals surface area contributed by atoms with Gasteiger partial charge in [0.2, 0.25) is 21.8 Å². The summed E-state index contributed by atoms with van der Waals surface area (Å²) in [6.07, 6.45) is 2.38. The number of anilines is 2. The SMILES string of the molecule is CSc1sc(N(C(=O)CC(N)=O)c2ccc(C)cc2OCC(C)C)nc1CNS(C)(=O)=O. The van der Waals surface area contributed by atoms with E-state index in [4.69, 9.17) is 10.5 Å². The molecule has 1 aromatic heterocycles. The summed E-state index contributed by atoms with van der Waals surface area (Å²) in [5, 5.41) is 0.296. The Hall–Kier alpha value is -2.15. The molecule has 0 aliphatic heterocycles. The Bertz CT molecular complexity index is 1080. The second-order valence-corrected chi connectivity index (χ2v) is 11.5. The summed E-state index contributed by atoms with van der Waals surface area (Å²) in [6, 6.07) is 5.38. The molecule has 0 unspecified atom stereocenters. The van der Waals surface area contributed by atoms with E-state index in [2.05, 4.69) is 9.71 Å². The standard InChI is InChI=1S/C20H28N4O5S3/c1-12(2)11-29-16-8-13(3)6-7-15(16)24(18(26)9-17(21)25)20-23-14(19(30-4)31-20)10-22-32(5,27)28/h6-8,12,22H,9-11H2,1-5H3,(H2,21,25). The molecule has 0 radical (unpaired) electrons. The summed E-state index contributed by atoms with van der Waals surface area (Å²) in [4.78, 5) is 30.4. The molecule has 9 nitrogen and oxygen atoms in total. The van der Waals surface area contributed by atoms with Crippen LogP contribution in [0.3, 0.4) is 0 Å². The van der Waals surface area contributed by atoms with Crippen LogP contribution in [0.4, 0.5) is 10.8 Å². The molecule has 2 aromatic rings.